The second-order valence-electron chi connectivity index (χ2n) is 3.34. The van der Waals surface area contributed by atoms with E-state index in [1.165, 1.54) is 6.07 Å². The Morgan fingerprint density at radius 1 is 1.00 bits per heavy atom. The number of pyridine rings is 1. The van der Waals surface area contributed by atoms with Gasteiger partial charge in [-0.25, -0.2) is 8.78 Å². The van der Waals surface area contributed by atoms with Crippen LogP contribution in [0.1, 0.15) is 5.56 Å². The van der Waals surface area contributed by atoms with E-state index in [0.29, 0.717) is 12.1 Å². The summed E-state index contributed by atoms with van der Waals surface area (Å²) >= 11 is 0. The van der Waals surface area contributed by atoms with E-state index in [9.17, 15) is 8.78 Å². The number of benzene rings is 1. The van der Waals surface area contributed by atoms with Crippen molar-refractivity contribution < 1.29 is 8.78 Å². The molecule has 0 unspecified atom stereocenters. The molecule has 0 spiro atoms. The first-order valence-electron chi connectivity index (χ1n) is 4.83. The second kappa shape index (κ2) is 4.70. The molecule has 0 bridgehead atoms. The van der Waals surface area contributed by atoms with Gasteiger partial charge in [0.25, 0.3) is 0 Å². The second-order valence-corrected chi connectivity index (χ2v) is 3.34. The van der Waals surface area contributed by atoms with Gasteiger partial charge >= 0.3 is 0 Å². The average Bonchev–Trinajstić information content (AvgIpc) is 2.32. The minimum Gasteiger partial charge on any atom is -0.381 e. The van der Waals surface area contributed by atoms with Crippen molar-refractivity contribution in [1.29, 1.82) is 0 Å². The molecule has 4 heteroatoms. The molecule has 0 amide bonds. The minimum atomic E-state index is -0.826. The fourth-order valence-corrected chi connectivity index (χ4v) is 1.32. The van der Waals surface area contributed by atoms with E-state index in [-0.39, 0.29) is 0 Å². The van der Waals surface area contributed by atoms with Crippen LogP contribution in [0.2, 0.25) is 0 Å². The molecule has 2 nitrogen and oxygen atoms in total. The highest BCUT2D eigenvalue weighted by Crippen LogP contribution is 2.11. The molecule has 1 N–H and O–H groups in total. The van der Waals surface area contributed by atoms with Gasteiger partial charge in [0.15, 0.2) is 11.6 Å². The largest absolute Gasteiger partial charge is 0.381 e. The predicted octanol–water partition coefficient (Wildman–Crippen LogP) is 2.97. The van der Waals surface area contributed by atoms with E-state index in [1.807, 2.05) is 0 Å². The molecule has 1 aromatic carbocycles. The predicted molar refractivity (Wildman–Crippen MR) is 57.9 cm³/mol. The molecule has 2 aromatic rings. The molecule has 2 rings (SSSR count). The van der Waals surface area contributed by atoms with E-state index in [4.69, 9.17) is 0 Å². The van der Waals surface area contributed by atoms with Gasteiger partial charge in [-0.05, 0) is 29.8 Å². The van der Waals surface area contributed by atoms with Gasteiger partial charge in [-0.1, -0.05) is 6.07 Å². The normalized spacial score (nSPS) is 10.1. The van der Waals surface area contributed by atoms with Crippen molar-refractivity contribution in [3.8, 4) is 0 Å². The summed E-state index contributed by atoms with van der Waals surface area (Å²) in [4.78, 5) is 3.88. The third-order valence-electron chi connectivity index (χ3n) is 2.16. The summed E-state index contributed by atoms with van der Waals surface area (Å²) < 4.78 is 25.6. The number of anilines is 1. The Bertz CT molecular complexity index is 472. The molecule has 0 radical (unpaired) electrons. The third kappa shape index (κ3) is 2.53. The Morgan fingerprint density at radius 2 is 1.75 bits per heavy atom. The first kappa shape index (κ1) is 10.5. The van der Waals surface area contributed by atoms with E-state index < -0.39 is 11.6 Å². The van der Waals surface area contributed by atoms with Crippen molar-refractivity contribution in [2.24, 2.45) is 0 Å². The van der Waals surface area contributed by atoms with E-state index in [0.717, 1.165) is 11.8 Å². The quantitative estimate of drug-likeness (QED) is 0.860. The van der Waals surface area contributed by atoms with E-state index >= 15 is 0 Å². The van der Waals surface area contributed by atoms with Gasteiger partial charge in [-0.2, -0.15) is 0 Å². The monoisotopic (exact) mass is 220 g/mol. The molecule has 0 aliphatic heterocycles. The zero-order valence-corrected chi connectivity index (χ0v) is 8.45. The van der Waals surface area contributed by atoms with Crippen LogP contribution >= 0.6 is 0 Å². The highest BCUT2D eigenvalue weighted by molar-refractivity contribution is 5.41. The van der Waals surface area contributed by atoms with Crippen molar-refractivity contribution in [1.82, 2.24) is 4.98 Å². The molecule has 0 saturated carbocycles. The summed E-state index contributed by atoms with van der Waals surface area (Å²) in [6.45, 7) is 0.446. The molecule has 0 saturated heterocycles. The number of hydrogen-bond donors (Lipinski definition) is 1. The van der Waals surface area contributed by atoms with Crippen LogP contribution in [0.4, 0.5) is 14.5 Å². The van der Waals surface area contributed by atoms with Gasteiger partial charge in [0.1, 0.15) is 0 Å². The molecular formula is C12H10F2N2. The fourth-order valence-electron chi connectivity index (χ4n) is 1.32. The summed E-state index contributed by atoms with van der Waals surface area (Å²) in [7, 11) is 0. The summed E-state index contributed by atoms with van der Waals surface area (Å²) in [5.74, 6) is -1.65. The molecule has 1 aromatic heterocycles. The van der Waals surface area contributed by atoms with Gasteiger partial charge < -0.3 is 5.32 Å². The lowest BCUT2D eigenvalue weighted by Crippen LogP contribution is -2.00. The fraction of sp³-hybridized carbons (Fsp3) is 0.0833. The Morgan fingerprint density at radius 3 is 2.44 bits per heavy atom. The van der Waals surface area contributed by atoms with Crippen LogP contribution in [-0.4, -0.2) is 4.98 Å². The van der Waals surface area contributed by atoms with Gasteiger partial charge in [0.05, 0.1) is 0 Å². The molecule has 0 atom stereocenters. The van der Waals surface area contributed by atoms with Gasteiger partial charge in [-0.3, -0.25) is 4.98 Å². The van der Waals surface area contributed by atoms with Gasteiger partial charge in [-0.15, -0.1) is 0 Å². The van der Waals surface area contributed by atoms with Crippen molar-refractivity contribution in [2.75, 3.05) is 5.32 Å². The maximum Gasteiger partial charge on any atom is 0.159 e. The topological polar surface area (TPSA) is 24.9 Å². The Labute approximate surface area is 92.0 Å². The van der Waals surface area contributed by atoms with E-state index in [1.54, 1.807) is 30.6 Å². The molecule has 0 aliphatic carbocycles. The summed E-state index contributed by atoms with van der Waals surface area (Å²) in [6, 6.07) is 7.47. The summed E-state index contributed by atoms with van der Waals surface area (Å²) in [5.41, 5.74) is 1.58. The summed E-state index contributed by atoms with van der Waals surface area (Å²) in [6.07, 6.45) is 3.32. The number of aromatic nitrogens is 1. The SMILES string of the molecule is Fc1ccc(CNc2ccncc2)cc1F. The maximum absolute atomic E-state index is 12.9. The molecule has 0 fully saturated rings. The zero-order valence-electron chi connectivity index (χ0n) is 8.45. The summed E-state index contributed by atoms with van der Waals surface area (Å²) in [5, 5.41) is 3.08. The van der Waals surface area contributed by atoms with Crippen LogP contribution < -0.4 is 5.32 Å². The lowest BCUT2D eigenvalue weighted by Gasteiger charge is -2.06. The molecule has 1 heterocycles. The zero-order chi connectivity index (χ0) is 11.4. The first-order valence-corrected chi connectivity index (χ1v) is 4.83. The van der Waals surface area contributed by atoms with Crippen LogP contribution in [0.15, 0.2) is 42.7 Å². The van der Waals surface area contributed by atoms with Crippen molar-refractivity contribution in [3.05, 3.63) is 59.9 Å². The minimum absolute atomic E-state index is 0.446. The molecular weight excluding hydrogens is 210 g/mol. The number of nitrogens with one attached hydrogen (secondary N) is 1. The van der Waals surface area contributed by atoms with Crippen molar-refractivity contribution in [2.45, 2.75) is 6.54 Å². The van der Waals surface area contributed by atoms with Crippen LogP contribution in [0.5, 0.6) is 0 Å². The number of hydrogen-bond acceptors (Lipinski definition) is 2. The van der Waals surface area contributed by atoms with Crippen LogP contribution in [0, 0.1) is 11.6 Å². The Kier molecular flexibility index (Phi) is 3.10. The standard InChI is InChI=1S/C12H10F2N2/c13-11-2-1-9(7-12(11)14)8-16-10-3-5-15-6-4-10/h1-7H,8H2,(H,15,16). The highest BCUT2D eigenvalue weighted by atomic mass is 19.2. The third-order valence-corrected chi connectivity index (χ3v) is 2.16. The van der Waals surface area contributed by atoms with Crippen molar-refractivity contribution in [3.63, 3.8) is 0 Å². The molecule has 82 valence electrons. The van der Waals surface area contributed by atoms with E-state index in [2.05, 4.69) is 10.3 Å². The van der Waals surface area contributed by atoms with Gasteiger partial charge in [0, 0.05) is 24.6 Å². The number of halogens is 2. The van der Waals surface area contributed by atoms with Crippen LogP contribution in [-0.2, 0) is 6.54 Å². The lowest BCUT2D eigenvalue weighted by molar-refractivity contribution is 0.507. The average molecular weight is 220 g/mol. The lowest BCUT2D eigenvalue weighted by atomic mass is 10.2. The first-order chi connectivity index (χ1) is 7.75. The highest BCUT2D eigenvalue weighted by Gasteiger charge is 2.01. The Balaban J connectivity index is 2.03. The molecule has 16 heavy (non-hydrogen) atoms. The maximum atomic E-state index is 12.9. The smallest absolute Gasteiger partial charge is 0.159 e. The van der Waals surface area contributed by atoms with Crippen LogP contribution in [0.25, 0.3) is 0 Å². The van der Waals surface area contributed by atoms with Gasteiger partial charge in [0.2, 0.25) is 0 Å². The Hall–Kier alpha value is -1.97. The number of nitrogens with zero attached hydrogens (tertiary/aromatic N) is 1. The molecule has 0 aliphatic rings. The van der Waals surface area contributed by atoms with Crippen molar-refractivity contribution >= 4 is 5.69 Å². The number of rotatable bonds is 3. The van der Waals surface area contributed by atoms with Crippen LogP contribution in [0.3, 0.4) is 0 Å².